The number of ether oxygens (including phenoxy) is 2. The first-order chi connectivity index (χ1) is 16.2. The van der Waals surface area contributed by atoms with Crippen LogP contribution in [0.25, 0.3) is 0 Å². The van der Waals surface area contributed by atoms with Crippen LogP contribution in [-0.2, 0) is 25.7 Å². The number of aliphatic hydroxyl groups excluding tert-OH is 1. The minimum Gasteiger partial charge on any atom is -0.445 e. The molecule has 11 heteroatoms. The van der Waals surface area contributed by atoms with Gasteiger partial charge in [-0.15, -0.1) is 0 Å². The van der Waals surface area contributed by atoms with Crippen LogP contribution in [0.3, 0.4) is 0 Å². The standard InChI is InChI=1S/C24H38N4O7/c1-15(2)19(27-22(32)35-24(4,5)6)21(31)25-16(3)20(30)26-18-10-8-17(9-11-18)14-34-23(33)28(7)12-13-29/h8-11,15-16,19,29H,12-14H2,1-7H3,(H,25,31)(H,26,30)(H,27,32)/t16-,19-/m0/s1. The first-order valence-electron chi connectivity index (χ1n) is 11.4. The average molecular weight is 495 g/mol. The Hall–Kier alpha value is -3.34. The maximum Gasteiger partial charge on any atom is 0.409 e. The van der Waals surface area contributed by atoms with Gasteiger partial charge in [0.05, 0.1) is 6.61 Å². The minimum absolute atomic E-state index is 0.0382. The normalized spacial score (nSPS) is 12.8. The van der Waals surface area contributed by atoms with Gasteiger partial charge in [-0.1, -0.05) is 26.0 Å². The van der Waals surface area contributed by atoms with Gasteiger partial charge in [0, 0.05) is 19.3 Å². The van der Waals surface area contributed by atoms with Gasteiger partial charge in [-0.25, -0.2) is 9.59 Å². The monoisotopic (exact) mass is 494 g/mol. The van der Waals surface area contributed by atoms with Gasteiger partial charge >= 0.3 is 12.2 Å². The van der Waals surface area contributed by atoms with Crippen molar-refractivity contribution in [2.75, 3.05) is 25.5 Å². The molecule has 1 aromatic carbocycles. The zero-order valence-corrected chi connectivity index (χ0v) is 21.5. The molecule has 0 bridgehead atoms. The van der Waals surface area contributed by atoms with Crippen molar-refractivity contribution in [3.8, 4) is 0 Å². The Morgan fingerprint density at radius 1 is 1.00 bits per heavy atom. The third-order valence-electron chi connectivity index (χ3n) is 4.70. The quantitative estimate of drug-likeness (QED) is 0.390. The van der Waals surface area contributed by atoms with E-state index in [0.717, 1.165) is 0 Å². The van der Waals surface area contributed by atoms with Crippen LogP contribution in [0.5, 0.6) is 0 Å². The van der Waals surface area contributed by atoms with Crippen LogP contribution in [0.4, 0.5) is 15.3 Å². The Morgan fingerprint density at radius 3 is 2.11 bits per heavy atom. The number of amides is 4. The Bertz CT molecular complexity index is 866. The highest BCUT2D eigenvalue weighted by Gasteiger charge is 2.29. The van der Waals surface area contributed by atoms with E-state index in [1.54, 1.807) is 58.9 Å². The average Bonchev–Trinajstić information content (AvgIpc) is 2.75. The number of hydrogen-bond donors (Lipinski definition) is 4. The van der Waals surface area contributed by atoms with E-state index in [2.05, 4.69) is 16.0 Å². The summed E-state index contributed by atoms with van der Waals surface area (Å²) in [5.41, 5.74) is 0.502. The van der Waals surface area contributed by atoms with E-state index < -0.39 is 41.7 Å². The smallest absolute Gasteiger partial charge is 0.409 e. The zero-order valence-electron chi connectivity index (χ0n) is 21.5. The predicted molar refractivity (Wildman–Crippen MR) is 131 cm³/mol. The van der Waals surface area contributed by atoms with Crippen molar-refractivity contribution < 1.29 is 33.8 Å². The van der Waals surface area contributed by atoms with Crippen molar-refractivity contribution in [2.24, 2.45) is 5.92 Å². The summed E-state index contributed by atoms with van der Waals surface area (Å²) >= 11 is 0. The molecular formula is C24H38N4O7. The van der Waals surface area contributed by atoms with Gasteiger partial charge in [-0.2, -0.15) is 0 Å². The summed E-state index contributed by atoms with van der Waals surface area (Å²) < 4.78 is 10.4. The molecule has 1 aromatic rings. The number of nitrogens with zero attached hydrogens (tertiary/aromatic N) is 1. The second-order valence-corrected chi connectivity index (χ2v) is 9.48. The number of alkyl carbamates (subject to hydrolysis) is 1. The van der Waals surface area contributed by atoms with Crippen molar-refractivity contribution >= 4 is 29.7 Å². The Kier molecular flexibility index (Phi) is 11.5. The molecule has 4 amide bonds. The number of carbonyl (C=O) groups is 4. The molecule has 4 N–H and O–H groups in total. The van der Waals surface area contributed by atoms with Crippen LogP contribution < -0.4 is 16.0 Å². The summed E-state index contributed by atoms with van der Waals surface area (Å²) in [6.07, 6.45) is -1.27. The Balaban J connectivity index is 2.62. The van der Waals surface area contributed by atoms with Gasteiger partial charge in [0.25, 0.3) is 0 Å². The molecular weight excluding hydrogens is 456 g/mol. The van der Waals surface area contributed by atoms with Crippen molar-refractivity contribution in [1.82, 2.24) is 15.5 Å². The van der Waals surface area contributed by atoms with Gasteiger partial charge in [0.1, 0.15) is 24.3 Å². The van der Waals surface area contributed by atoms with Crippen LogP contribution in [0.1, 0.15) is 47.1 Å². The fraction of sp³-hybridized carbons (Fsp3) is 0.583. The molecule has 0 saturated heterocycles. The number of nitrogens with one attached hydrogen (secondary N) is 3. The maximum absolute atomic E-state index is 12.7. The lowest BCUT2D eigenvalue weighted by atomic mass is 10.0. The van der Waals surface area contributed by atoms with Crippen LogP contribution in [0.2, 0.25) is 0 Å². The zero-order chi connectivity index (χ0) is 26.8. The van der Waals surface area contributed by atoms with Crippen LogP contribution in [-0.4, -0.2) is 71.9 Å². The van der Waals surface area contributed by atoms with Crippen molar-refractivity contribution in [3.63, 3.8) is 0 Å². The fourth-order valence-electron chi connectivity index (χ4n) is 2.77. The molecule has 0 aliphatic heterocycles. The van der Waals surface area contributed by atoms with Crippen LogP contribution in [0, 0.1) is 5.92 Å². The molecule has 0 radical (unpaired) electrons. The van der Waals surface area contributed by atoms with E-state index in [4.69, 9.17) is 14.6 Å². The van der Waals surface area contributed by atoms with Gasteiger partial charge in [-0.05, 0) is 51.3 Å². The van der Waals surface area contributed by atoms with Gasteiger partial charge in [-0.3, -0.25) is 9.59 Å². The largest absolute Gasteiger partial charge is 0.445 e. The number of likely N-dealkylation sites (N-methyl/N-ethyl adjacent to an activating group) is 1. The number of benzene rings is 1. The fourth-order valence-corrected chi connectivity index (χ4v) is 2.77. The molecule has 0 spiro atoms. The predicted octanol–water partition coefficient (Wildman–Crippen LogP) is 2.24. The first-order valence-corrected chi connectivity index (χ1v) is 11.4. The van der Waals surface area contributed by atoms with E-state index in [1.165, 1.54) is 18.9 Å². The van der Waals surface area contributed by atoms with Crippen molar-refractivity contribution in [1.29, 1.82) is 0 Å². The Labute approximate surface area is 206 Å². The molecule has 0 aromatic heterocycles. The second kappa shape index (κ2) is 13.5. The number of carbonyl (C=O) groups excluding carboxylic acids is 4. The highest BCUT2D eigenvalue weighted by Crippen LogP contribution is 2.12. The van der Waals surface area contributed by atoms with E-state index in [0.29, 0.717) is 11.3 Å². The highest BCUT2D eigenvalue weighted by atomic mass is 16.6. The van der Waals surface area contributed by atoms with Crippen LogP contribution in [0.15, 0.2) is 24.3 Å². The van der Waals surface area contributed by atoms with Crippen molar-refractivity contribution in [3.05, 3.63) is 29.8 Å². The van der Waals surface area contributed by atoms with Gasteiger partial charge in [0.15, 0.2) is 0 Å². The molecule has 11 nitrogen and oxygen atoms in total. The molecule has 0 heterocycles. The number of aliphatic hydroxyl groups is 1. The molecule has 196 valence electrons. The molecule has 0 fully saturated rings. The molecule has 2 atom stereocenters. The van der Waals surface area contributed by atoms with E-state index in [-0.39, 0.29) is 25.7 Å². The molecule has 0 aliphatic rings. The second-order valence-electron chi connectivity index (χ2n) is 9.48. The minimum atomic E-state index is -0.876. The molecule has 35 heavy (non-hydrogen) atoms. The lowest BCUT2D eigenvalue weighted by Gasteiger charge is -2.26. The number of hydrogen-bond acceptors (Lipinski definition) is 7. The Morgan fingerprint density at radius 2 is 1.60 bits per heavy atom. The molecule has 1 rings (SSSR count). The topological polar surface area (TPSA) is 146 Å². The summed E-state index contributed by atoms with van der Waals surface area (Å²) in [7, 11) is 1.52. The van der Waals surface area contributed by atoms with E-state index in [9.17, 15) is 19.2 Å². The summed E-state index contributed by atoms with van der Waals surface area (Å²) in [4.78, 5) is 50.4. The van der Waals surface area contributed by atoms with Crippen LogP contribution >= 0.6 is 0 Å². The summed E-state index contributed by atoms with van der Waals surface area (Å²) in [5.74, 6) is -1.18. The van der Waals surface area contributed by atoms with E-state index >= 15 is 0 Å². The number of anilines is 1. The third-order valence-corrected chi connectivity index (χ3v) is 4.70. The summed E-state index contributed by atoms with van der Waals surface area (Å²) in [6, 6.07) is 4.93. The van der Waals surface area contributed by atoms with Crippen molar-refractivity contribution in [2.45, 2.75) is 65.8 Å². The lowest BCUT2D eigenvalue weighted by molar-refractivity contribution is -0.128. The maximum atomic E-state index is 12.7. The van der Waals surface area contributed by atoms with Gasteiger partial charge in [0.2, 0.25) is 11.8 Å². The highest BCUT2D eigenvalue weighted by molar-refractivity contribution is 5.98. The van der Waals surface area contributed by atoms with E-state index in [1.807, 2.05) is 0 Å². The molecule has 0 unspecified atom stereocenters. The number of rotatable bonds is 10. The summed E-state index contributed by atoms with van der Waals surface area (Å²) in [6.45, 7) is 10.3. The molecule has 0 saturated carbocycles. The lowest BCUT2D eigenvalue weighted by Crippen LogP contribution is -2.54. The summed E-state index contributed by atoms with van der Waals surface area (Å²) in [5, 5.41) is 16.7. The third kappa shape index (κ3) is 11.1. The molecule has 0 aliphatic carbocycles. The SMILES string of the molecule is CC(C)[C@H](NC(=O)OC(C)(C)C)C(=O)N[C@@H](C)C(=O)Nc1ccc(COC(=O)N(C)CCO)cc1. The first kappa shape index (κ1) is 29.7. The van der Waals surface area contributed by atoms with Gasteiger partial charge < -0.3 is 35.4 Å².